The van der Waals surface area contributed by atoms with Gasteiger partial charge in [-0.1, -0.05) is 42.7 Å². The first-order valence-corrected chi connectivity index (χ1v) is 11.9. The fourth-order valence-corrected chi connectivity index (χ4v) is 5.22. The van der Waals surface area contributed by atoms with E-state index in [9.17, 15) is 14.4 Å². The molecule has 0 radical (unpaired) electrons. The quantitative estimate of drug-likeness (QED) is 0.708. The second kappa shape index (κ2) is 8.32. The molecule has 3 amide bonds. The van der Waals surface area contributed by atoms with Crippen molar-refractivity contribution < 1.29 is 14.4 Å². The Balaban J connectivity index is 1.38. The van der Waals surface area contributed by atoms with Crippen molar-refractivity contribution in [3.8, 4) is 0 Å². The average Bonchev–Trinajstić information content (AvgIpc) is 3.29. The molecule has 174 valence electrons. The first-order chi connectivity index (χ1) is 15.9. The lowest BCUT2D eigenvalue weighted by atomic mass is 9.93. The number of hydrogen-bond acceptors (Lipinski definition) is 4. The maximum absolute atomic E-state index is 13.7. The van der Waals surface area contributed by atoms with Crippen LogP contribution < -0.4 is 10.6 Å². The average molecular weight is 450 g/mol. The lowest BCUT2D eigenvalue weighted by molar-refractivity contribution is -0.134. The molecule has 5 rings (SSSR count). The number of nitrogens with zero attached hydrogens (tertiary/aromatic N) is 3. The van der Waals surface area contributed by atoms with Gasteiger partial charge in [-0.25, -0.2) is 4.98 Å². The zero-order valence-corrected chi connectivity index (χ0v) is 19.3. The minimum atomic E-state index is -0.996. The number of hydrogen-bond donors (Lipinski definition) is 2. The zero-order valence-electron chi connectivity index (χ0n) is 19.3. The van der Waals surface area contributed by atoms with Gasteiger partial charge in [0.25, 0.3) is 11.8 Å². The van der Waals surface area contributed by atoms with Crippen molar-refractivity contribution >= 4 is 17.7 Å². The molecule has 2 aromatic rings. The Morgan fingerprint density at radius 2 is 1.94 bits per heavy atom. The van der Waals surface area contributed by atoms with Crippen molar-refractivity contribution in [2.45, 2.75) is 83.1 Å². The highest BCUT2D eigenvalue weighted by Crippen LogP contribution is 2.39. The smallest absolute Gasteiger partial charge is 0.274 e. The molecule has 33 heavy (non-hydrogen) atoms. The van der Waals surface area contributed by atoms with Crippen molar-refractivity contribution in [1.82, 2.24) is 25.1 Å². The molecule has 3 aliphatic rings. The summed E-state index contributed by atoms with van der Waals surface area (Å²) < 4.78 is 1.68. The summed E-state index contributed by atoms with van der Waals surface area (Å²) in [5, 5.41) is 6.07. The van der Waals surface area contributed by atoms with Gasteiger partial charge in [0.2, 0.25) is 5.91 Å². The highest BCUT2D eigenvalue weighted by atomic mass is 16.2. The standard InChI is InChI=1S/C25H31N5O3/c1-16-6-5-7-17(12-16)13-26-22(31)20-21-23(32)30(19-10-11-19)25(2,14-29(21)15-27-20)24(33)28-18-8-3-4-9-18/h5-7,12,15,18-19H,3-4,8-11,13-14H2,1-2H3,(H,26,31)(H,28,33)/t25-/m1/s1. The monoisotopic (exact) mass is 449 g/mol. The number of carbonyl (C=O) groups is 3. The van der Waals surface area contributed by atoms with Gasteiger partial charge in [0.1, 0.15) is 11.2 Å². The van der Waals surface area contributed by atoms with E-state index < -0.39 is 5.54 Å². The van der Waals surface area contributed by atoms with Gasteiger partial charge in [-0.3, -0.25) is 14.4 Å². The molecular weight excluding hydrogens is 418 g/mol. The third kappa shape index (κ3) is 4.03. The topological polar surface area (TPSA) is 96.3 Å². The normalized spacial score (nSPS) is 22.8. The van der Waals surface area contributed by atoms with E-state index in [1.807, 2.05) is 38.1 Å². The van der Waals surface area contributed by atoms with Gasteiger partial charge in [-0.05, 0) is 45.1 Å². The first-order valence-electron chi connectivity index (χ1n) is 11.9. The van der Waals surface area contributed by atoms with Crippen molar-refractivity contribution in [2.24, 2.45) is 0 Å². The van der Waals surface area contributed by atoms with Gasteiger partial charge in [0.05, 0.1) is 12.9 Å². The Bertz CT molecular complexity index is 1100. The zero-order chi connectivity index (χ0) is 23.2. The fourth-order valence-electron chi connectivity index (χ4n) is 5.22. The Labute approximate surface area is 193 Å². The predicted octanol–water partition coefficient (Wildman–Crippen LogP) is 2.56. The molecule has 8 heteroatoms. The summed E-state index contributed by atoms with van der Waals surface area (Å²) in [5.41, 5.74) is 1.50. The molecule has 0 bridgehead atoms. The van der Waals surface area contributed by atoms with E-state index in [1.165, 1.54) is 6.33 Å². The summed E-state index contributed by atoms with van der Waals surface area (Å²) in [5.74, 6) is -0.779. The molecule has 2 saturated carbocycles. The number of fused-ring (bicyclic) bond motifs is 1. The number of aromatic nitrogens is 2. The number of aryl methyl sites for hydroxylation is 1. The van der Waals surface area contributed by atoms with Crippen LogP contribution in [-0.2, 0) is 17.9 Å². The Hall–Kier alpha value is -3.16. The molecule has 1 atom stereocenters. The number of amides is 3. The minimum Gasteiger partial charge on any atom is -0.351 e. The van der Waals surface area contributed by atoms with E-state index in [0.29, 0.717) is 13.1 Å². The number of nitrogens with one attached hydrogen (secondary N) is 2. The number of rotatable bonds is 6. The molecule has 2 heterocycles. The summed E-state index contributed by atoms with van der Waals surface area (Å²) in [7, 11) is 0. The molecule has 8 nitrogen and oxygen atoms in total. The van der Waals surface area contributed by atoms with E-state index in [1.54, 1.807) is 9.47 Å². The third-order valence-electron chi connectivity index (χ3n) is 7.11. The van der Waals surface area contributed by atoms with Gasteiger partial charge in [0.15, 0.2) is 5.69 Å². The Morgan fingerprint density at radius 1 is 1.18 bits per heavy atom. The summed E-state index contributed by atoms with van der Waals surface area (Å²) in [6.07, 6.45) is 7.49. The Morgan fingerprint density at radius 3 is 2.64 bits per heavy atom. The lowest BCUT2D eigenvalue weighted by Crippen LogP contribution is -2.65. The van der Waals surface area contributed by atoms with Crippen LogP contribution in [-0.4, -0.2) is 49.8 Å². The highest BCUT2D eigenvalue weighted by Gasteiger charge is 2.54. The molecule has 2 fully saturated rings. The lowest BCUT2D eigenvalue weighted by Gasteiger charge is -2.44. The van der Waals surface area contributed by atoms with Crippen LogP contribution in [0.4, 0.5) is 0 Å². The van der Waals surface area contributed by atoms with Gasteiger partial charge < -0.3 is 20.1 Å². The largest absolute Gasteiger partial charge is 0.351 e. The molecule has 2 N–H and O–H groups in total. The van der Waals surface area contributed by atoms with Gasteiger partial charge in [-0.15, -0.1) is 0 Å². The van der Waals surface area contributed by atoms with Gasteiger partial charge >= 0.3 is 0 Å². The van der Waals surface area contributed by atoms with Gasteiger partial charge in [-0.2, -0.15) is 0 Å². The first kappa shape index (κ1) is 21.7. The van der Waals surface area contributed by atoms with Crippen molar-refractivity contribution in [3.05, 3.63) is 53.1 Å². The summed E-state index contributed by atoms with van der Waals surface area (Å²) in [6.45, 7) is 4.49. The van der Waals surface area contributed by atoms with E-state index >= 15 is 0 Å². The fraction of sp³-hybridized carbons (Fsp3) is 0.520. The van der Waals surface area contributed by atoms with Crippen LogP contribution in [0.1, 0.15) is 77.6 Å². The predicted molar refractivity (Wildman–Crippen MR) is 123 cm³/mol. The van der Waals surface area contributed by atoms with Crippen molar-refractivity contribution in [1.29, 1.82) is 0 Å². The van der Waals surface area contributed by atoms with Crippen molar-refractivity contribution in [2.75, 3.05) is 0 Å². The second-order valence-electron chi connectivity index (χ2n) is 9.88. The molecule has 0 spiro atoms. The maximum atomic E-state index is 13.7. The third-order valence-corrected chi connectivity index (χ3v) is 7.11. The van der Waals surface area contributed by atoms with Crippen LogP contribution in [0.15, 0.2) is 30.6 Å². The van der Waals surface area contributed by atoms with E-state index in [2.05, 4.69) is 15.6 Å². The summed E-state index contributed by atoms with van der Waals surface area (Å²) in [6, 6.07) is 8.12. The van der Waals surface area contributed by atoms with Crippen LogP contribution in [0, 0.1) is 6.92 Å². The van der Waals surface area contributed by atoms with E-state index in [4.69, 9.17) is 0 Å². The number of imidazole rings is 1. The molecule has 0 unspecified atom stereocenters. The Kier molecular flexibility index (Phi) is 5.46. The van der Waals surface area contributed by atoms with Gasteiger partial charge in [0, 0.05) is 18.6 Å². The van der Waals surface area contributed by atoms with Crippen LogP contribution in [0.25, 0.3) is 0 Å². The maximum Gasteiger partial charge on any atom is 0.274 e. The van der Waals surface area contributed by atoms with Crippen LogP contribution in [0.3, 0.4) is 0 Å². The van der Waals surface area contributed by atoms with Crippen LogP contribution >= 0.6 is 0 Å². The molecule has 2 aliphatic carbocycles. The molecule has 1 aromatic carbocycles. The SMILES string of the molecule is Cc1cccc(CNC(=O)c2ncn3c2C(=O)N(C2CC2)[C@@](C)(C(=O)NC2CCCC2)C3)c1. The van der Waals surface area contributed by atoms with Crippen LogP contribution in [0.5, 0.6) is 0 Å². The summed E-state index contributed by atoms with van der Waals surface area (Å²) in [4.78, 5) is 46.0. The molecule has 1 aromatic heterocycles. The van der Waals surface area contributed by atoms with E-state index in [0.717, 1.165) is 49.7 Å². The van der Waals surface area contributed by atoms with E-state index in [-0.39, 0.29) is 41.2 Å². The second-order valence-corrected chi connectivity index (χ2v) is 9.88. The van der Waals surface area contributed by atoms with Crippen LogP contribution in [0.2, 0.25) is 0 Å². The van der Waals surface area contributed by atoms with Crippen molar-refractivity contribution in [3.63, 3.8) is 0 Å². The molecular formula is C25H31N5O3. The molecule has 1 aliphatic heterocycles. The number of carbonyl (C=O) groups excluding carboxylic acids is 3. The number of benzene rings is 1. The molecule has 0 saturated heterocycles. The summed E-state index contributed by atoms with van der Waals surface area (Å²) >= 11 is 0. The minimum absolute atomic E-state index is 0.0312. The highest BCUT2D eigenvalue weighted by molar-refractivity contribution is 6.07.